The molecule has 0 aliphatic rings. The Hall–Kier alpha value is 0.830. The maximum absolute atomic E-state index is 10.2. The van der Waals surface area contributed by atoms with E-state index in [4.69, 9.17) is 4.74 Å². The third kappa shape index (κ3) is 29.0. The van der Waals surface area contributed by atoms with Gasteiger partial charge in [-0.1, -0.05) is 110 Å². The molecule has 0 heterocycles. The number of hydrogen-bond acceptors (Lipinski definition) is 5. The number of unbranched alkanes of at least 4 members (excludes halogenated alkanes) is 16. The molecule has 28 heavy (non-hydrogen) atoms. The summed E-state index contributed by atoms with van der Waals surface area (Å²) < 4.78 is 39.9. The molecule has 0 atom stereocenters. The molecule has 0 amide bonds. The van der Waals surface area contributed by atoms with Gasteiger partial charge in [-0.05, 0) is 6.42 Å². The Morgan fingerprint density at radius 2 is 0.929 bits per heavy atom. The van der Waals surface area contributed by atoms with Crippen LogP contribution in [0.4, 0.5) is 0 Å². The molecule has 0 bridgehead atoms. The molecule has 0 radical (unpaired) electrons. The zero-order chi connectivity index (χ0) is 20.1. The van der Waals surface area contributed by atoms with Crippen molar-refractivity contribution in [1.29, 1.82) is 0 Å². The van der Waals surface area contributed by atoms with Gasteiger partial charge >= 0.3 is 29.6 Å². The summed E-state index contributed by atoms with van der Waals surface area (Å²) in [6.07, 6.45) is 22.8. The van der Waals surface area contributed by atoms with Gasteiger partial charge in [0.15, 0.2) is 0 Å². The van der Waals surface area contributed by atoms with E-state index in [1.54, 1.807) is 0 Å². The first kappa shape index (κ1) is 31.0. The largest absolute Gasteiger partial charge is 1.00 e. The van der Waals surface area contributed by atoms with Gasteiger partial charge < -0.3 is 9.29 Å². The Bertz CT molecular complexity index is 390. The van der Waals surface area contributed by atoms with Crippen molar-refractivity contribution in [3.05, 3.63) is 0 Å². The SMILES string of the molecule is CCCCCCCCCCCCCCCCCCCOCCOS(=O)(=O)[O-].[Na+]. The molecular formula is C21H43NaO5S. The van der Waals surface area contributed by atoms with Crippen molar-refractivity contribution < 1.29 is 51.4 Å². The van der Waals surface area contributed by atoms with Gasteiger partial charge in [-0.15, -0.1) is 0 Å². The zero-order valence-corrected chi connectivity index (χ0v) is 21.4. The van der Waals surface area contributed by atoms with Crippen LogP contribution in [0.25, 0.3) is 0 Å². The molecule has 0 spiro atoms. The molecule has 0 aromatic carbocycles. The minimum absolute atomic E-state index is 0. The van der Waals surface area contributed by atoms with Gasteiger partial charge in [0.05, 0.1) is 13.2 Å². The van der Waals surface area contributed by atoms with Crippen LogP contribution in [-0.4, -0.2) is 32.8 Å². The van der Waals surface area contributed by atoms with Crippen molar-refractivity contribution in [2.45, 2.75) is 116 Å². The second-order valence-corrected chi connectivity index (χ2v) is 8.55. The van der Waals surface area contributed by atoms with E-state index in [0.717, 1.165) is 12.8 Å². The molecule has 0 aliphatic carbocycles. The zero-order valence-electron chi connectivity index (χ0n) is 18.6. The van der Waals surface area contributed by atoms with Gasteiger partial charge in [0.25, 0.3) is 0 Å². The average molecular weight is 431 g/mol. The molecule has 7 heteroatoms. The Kier molecular flexibility index (Phi) is 26.7. The van der Waals surface area contributed by atoms with E-state index in [2.05, 4.69) is 11.1 Å². The van der Waals surface area contributed by atoms with Gasteiger partial charge in [0.2, 0.25) is 10.4 Å². The first-order chi connectivity index (χ1) is 13.1. The Morgan fingerprint density at radius 3 is 1.29 bits per heavy atom. The standard InChI is InChI=1S/C21H44O5S.Na/c1-2-3-4-5-6-7-8-9-10-11-12-13-14-15-16-17-18-19-25-20-21-26-27(22,23)24;/h2-21H2,1H3,(H,22,23,24);/q;+1/p-1. The third-order valence-corrected chi connectivity index (χ3v) is 5.30. The van der Waals surface area contributed by atoms with Crippen LogP contribution in [0.5, 0.6) is 0 Å². The maximum Gasteiger partial charge on any atom is 1.00 e. The van der Waals surface area contributed by atoms with Crippen LogP contribution in [-0.2, 0) is 19.3 Å². The van der Waals surface area contributed by atoms with Gasteiger partial charge in [0.1, 0.15) is 0 Å². The summed E-state index contributed by atoms with van der Waals surface area (Å²) in [5, 5.41) is 0. The fourth-order valence-corrected chi connectivity index (χ4v) is 3.50. The second-order valence-electron chi connectivity index (χ2n) is 7.50. The molecular weight excluding hydrogens is 387 g/mol. The maximum atomic E-state index is 10.2. The molecule has 5 nitrogen and oxygen atoms in total. The fourth-order valence-electron chi connectivity index (χ4n) is 3.23. The quantitative estimate of drug-likeness (QED) is 0.114. The first-order valence-electron chi connectivity index (χ1n) is 11.2. The number of rotatable bonds is 22. The second kappa shape index (κ2) is 24.1. The van der Waals surface area contributed by atoms with Crippen LogP contribution < -0.4 is 29.6 Å². The number of ether oxygens (including phenoxy) is 1. The van der Waals surface area contributed by atoms with Crippen molar-refractivity contribution in [1.82, 2.24) is 0 Å². The molecule has 0 fully saturated rings. The van der Waals surface area contributed by atoms with E-state index in [0.29, 0.717) is 6.61 Å². The first-order valence-corrected chi connectivity index (χ1v) is 12.6. The Morgan fingerprint density at radius 1 is 0.571 bits per heavy atom. The summed E-state index contributed by atoms with van der Waals surface area (Å²) in [7, 11) is -4.58. The molecule has 0 aromatic rings. The van der Waals surface area contributed by atoms with Crippen molar-refractivity contribution in [2.24, 2.45) is 0 Å². The van der Waals surface area contributed by atoms with Crippen LogP contribution in [0.1, 0.15) is 116 Å². The van der Waals surface area contributed by atoms with Crippen LogP contribution in [0.15, 0.2) is 0 Å². The number of hydrogen-bond donors (Lipinski definition) is 0. The predicted octanol–water partition coefficient (Wildman–Crippen LogP) is 3.14. The van der Waals surface area contributed by atoms with Crippen molar-refractivity contribution in [3.8, 4) is 0 Å². The van der Waals surface area contributed by atoms with E-state index < -0.39 is 10.4 Å². The molecule has 0 N–H and O–H groups in total. The van der Waals surface area contributed by atoms with Gasteiger partial charge in [-0.25, -0.2) is 8.42 Å². The Balaban J connectivity index is 0. The van der Waals surface area contributed by atoms with E-state index in [1.807, 2.05) is 0 Å². The average Bonchev–Trinajstić information content (AvgIpc) is 2.62. The fraction of sp³-hybridized carbons (Fsp3) is 1.00. The summed E-state index contributed by atoms with van der Waals surface area (Å²) in [6.45, 7) is 2.83. The van der Waals surface area contributed by atoms with Crippen LogP contribution in [0, 0.1) is 0 Å². The molecule has 164 valence electrons. The smallest absolute Gasteiger partial charge is 0.726 e. The summed E-state index contributed by atoms with van der Waals surface area (Å²) in [4.78, 5) is 0. The van der Waals surface area contributed by atoms with Crippen LogP contribution >= 0.6 is 0 Å². The van der Waals surface area contributed by atoms with Crippen molar-refractivity contribution in [2.75, 3.05) is 19.8 Å². The molecule has 0 aromatic heterocycles. The van der Waals surface area contributed by atoms with Crippen LogP contribution in [0.2, 0.25) is 0 Å². The summed E-state index contributed by atoms with van der Waals surface area (Å²) in [6, 6.07) is 0. The van der Waals surface area contributed by atoms with Crippen molar-refractivity contribution in [3.63, 3.8) is 0 Å². The van der Waals surface area contributed by atoms with Gasteiger partial charge in [-0.3, -0.25) is 4.18 Å². The van der Waals surface area contributed by atoms with E-state index >= 15 is 0 Å². The predicted molar refractivity (Wildman–Crippen MR) is 111 cm³/mol. The van der Waals surface area contributed by atoms with E-state index in [-0.39, 0.29) is 42.8 Å². The van der Waals surface area contributed by atoms with Crippen molar-refractivity contribution >= 4 is 10.4 Å². The normalized spacial score (nSPS) is 11.5. The summed E-state index contributed by atoms with van der Waals surface area (Å²) >= 11 is 0. The van der Waals surface area contributed by atoms with E-state index in [9.17, 15) is 13.0 Å². The Labute approximate surface area is 197 Å². The molecule has 0 aliphatic heterocycles. The molecule has 0 unspecified atom stereocenters. The summed E-state index contributed by atoms with van der Waals surface area (Å²) in [5.41, 5.74) is 0. The van der Waals surface area contributed by atoms with Gasteiger partial charge in [-0.2, -0.15) is 0 Å². The minimum atomic E-state index is -4.58. The summed E-state index contributed by atoms with van der Waals surface area (Å²) in [5.74, 6) is 0. The topological polar surface area (TPSA) is 75.7 Å². The van der Waals surface area contributed by atoms with Gasteiger partial charge in [0, 0.05) is 6.61 Å². The van der Waals surface area contributed by atoms with Crippen LogP contribution in [0.3, 0.4) is 0 Å². The minimum Gasteiger partial charge on any atom is -0.726 e. The third-order valence-electron chi connectivity index (χ3n) is 4.85. The molecule has 0 saturated heterocycles. The molecule has 0 rings (SSSR count). The molecule has 0 saturated carbocycles. The van der Waals surface area contributed by atoms with E-state index in [1.165, 1.54) is 96.3 Å². The monoisotopic (exact) mass is 430 g/mol.